The van der Waals surface area contributed by atoms with Gasteiger partial charge in [0.15, 0.2) is 0 Å². The van der Waals surface area contributed by atoms with E-state index in [0.29, 0.717) is 5.69 Å². The van der Waals surface area contributed by atoms with Gasteiger partial charge in [0.05, 0.1) is 5.56 Å². The molecule has 0 heterocycles. The van der Waals surface area contributed by atoms with E-state index in [0.717, 1.165) is 6.07 Å². The van der Waals surface area contributed by atoms with Crippen molar-refractivity contribution >= 4 is 11.4 Å². The zero-order valence-electron chi connectivity index (χ0n) is 7.89. The molecule has 78 valence electrons. The van der Waals surface area contributed by atoms with Crippen molar-refractivity contribution in [3.63, 3.8) is 0 Å². The Kier molecular flexibility index (Phi) is 2.59. The lowest BCUT2D eigenvalue weighted by atomic mass is 10.1. The molecule has 1 aromatic carbocycles. The molecule has 0 aliphatic heterocycles. The van der Waals surface area contributed by atoms with Crippen molar-refractivity contribution in [2.75, 3.05) is 24.7 Å². The number of hydrogen-bond acceptors (Lipinski definition) is 2. The first-order valence-electron chi connectivity index (χ1n) is 3.96. The molecule has 0 atom stereocenters. The Labute approximate surface area is 80.1 Å². The van der Waals surface area contributed by atoms with Crippen LogP contribution in [0, 0.1) is 0 Å². The predicted octanol–water partition coefficient (Wildman–Crippen LogP) is 2.35. The summed E-state index contributed by atoms with van der Waals surface area (Å²) in [6, 6.07) is 3.69. The maximum absolute atomic E-state index is 12.3. The summed E-state index contributed by atoms with van der Waals surface area (Å²) in [4.78, 5) is 1.69. The van der Waals surface area contributed by atoms with Crippen LogP contribution < -0.4 is 10.6 Å². The first-order valence-corrected chi connectivity index (χ1v) is 3.96. The molecule has 0 bridgehead atoms. The molecule has 14 heavy (non-hydrogen) atoms. The van der Waals surface area contributed by atoms with Crippen LogP contribution in [0.15, 0.2) is 18.2 Å². The van der Waals surface area contributed by atoms with Gasteiger partial charge in [-0.15, -0.1) is 0 Å². The van der Waals surface area contributed by atoms with Gasteiger partial charge in [-0.3, -0.25) is 0 Å². The van der Waals surface area contributed by atoms with Crippen molar-refractivity contribution in [3.05, 3.63) is 23.8 Å². The minimum atomic E-state index is -4.38. The highest BCUT2D eigenvalue weighted by atomic mass is 19.4. The maximum Gasteiger partial charge on any atom is 0.418 e. The average Bonchev–Trinajstić information content (AvgIpc) is 2.01. The molecule has 1 rings (SSSR count). The standard InChI is InChI=1S/C9H11F3N2/c1-14(2)6-3-4-7(8(13)5-6)9(10,11)12/h3-5H,13H2,1-2H3. The van der Waals surface area contributed by atoms with Gasteiger partial charge in [-0.1, -0.05) is 0 Å². The molecule has 5 heteroatoms. The highest BCUT2D eigenvalue weighted by Crippen LogP contribution is 2.34. The van der Waals surface area contributed by atoms with E-state index in [9.17, 15) is 13.2 Å². The summed E-state index contributed by atoms with van der Waals surface area (Å²) in [7, 11) is 3.48. The van der Waals surface area contributed by atoms with Gasteiger partial charge in [0, 0.05) is 25.5 Å². The molecule has 0 spiro atoms. The minimum Gasteiger partial charge on any atom is -0.398 e. The molecular weight excluding hydrogens is 193 g/mol. The number of nitrogens with two attached hydrogens (primary N) is 1. The van der Waals surface area contributed by atoms with Crippen LogP contribution in [0.4, 0.5) is 24.5 Å². The normalized spacial score (nSPS) is 11.5. The van der Waals surface area contributed by atoms with E-state index in [2.05, 4.69) is 0 Å². The summed E-state index contributed by atoms with van der Waals surface area (Å²) in [6.07, 6.45) is -4.38. The minimum absolute atomic E-state index is 0.247. The summed E-state index contributed by atoms with van der Waals surface area (Å²) in [5, 5.41) is 0. The Morgan fingerprint density at radius 2 is 1.79 bits per heavy atom. The Balaban J connectivity index is 3.15. The number of rotatable bonds is 1. The molecule has 2 nitrogen and oxygen atoms in total. The van der Waals surface area contributed by atoms with Crippen LogP contribution in [-0.4, -0.2) is 14.1 Å². The van der Waals surface area contributed by atoms with Gasteiger partial charge in [-0.05, 0) is 18.2 Å². The van der Waals surface area contributed by atoms with E-state index >= 15 is 0 Å². The van der Waals surface area contributed by atoms with Gasteiger partial charge in [-0.25, -0.2) is 0 Å². The summed E-state index contributed by atoms with van der Waals surface area (Å²) in [5.74, 6) is 0. The van der Waals surface area contributed by atoms with Crippen molar-refractivity contribution < 1.29 is 13.2 Å². The summed E-state index contributed by atoms with van der Waals surface area (Å²) in [5.41, 5.74) is 4.91. The maximum atomic E-state index is 12.3. The van der Waals surface area contributed by atoms with Gasteiger partial charge in [0.25, 0.3) is 0 Å². The second-order valence-electron chi connectivity index (χ2n) is 3.16. The number of alkyl halides is 3. The van der Waals surface area contributed by atoms with Crippen molar-refractivity contribution in [1.82, 2.24) is 0 Å². The fourth-order valence-electron chi connectivity index (χ4n) is 1.09. The van der Waals surface area contributed by atoms with Crippen LogP contribution in [0.25, 0.3) is 0 Å². The molecule has 0 amide bonds. The van der Waals surface area contributed by atoms with E-state index in [-0.39, 0.29) is 5.69 Å². The topological polar surface area (TPSA) is 29.3 Å². The lowest BCUT2D eigenvalue weighted by Crippen LogP contribution is -2.12. The highest BCUT2D eigenvalue weighted by molar-refractivity contribution is 5.60. The average molecular weight is 204 g/mol. The molecule has 0 radical (unpaired) electrons. The molecule has 0 saturated heterocycles. The predicted molar refractivity (Wildman–Crippen MR) is 50.2 cm³/mol. The van der Waals surface area contributed by atoms with E-state index in [1.807, 2.05) is 0 Å². The lowest BCUT2D eigenvalue weighted by Gasteiger charge is -2.15. The van der Waals surface area contributed by atoms with E-state index in [1.54, 1.807) is 19.0 Å². The Morgan fingerprint density at radius 1 is 1.21 bits per heavy atom. The number of hydrogen-bond donors (Lipinski definition) is 1. The number of nitrogens with zero attached hydrogens (tertiary/aromatic N) is 1. The Morgan fingerprint density at radius 3 is 2.14 bits per heavy atom. The molecule has 0 aliphatic carbocycles. The summed E-state index contributed by atoms with van der Waals surface area (Å²) >= 11 is 0. The first kappa shape index (κ1) is 10.7. The third kappa shape index (κ3) is 2.10. The lowest BCUT2D eigenvalue weighted by molar-refractivity contribution is -0.136. The zero-order valence-corrected chi connectivity index (χ0v) is 7.89. The Hall–Kier alpha value is -1.39. The molecule has 0 aromatic heterocycles. The second-order valence-corrected chi connectivity index (χ2v) is 3.16. The Bertz CT molecular complexity index is 331. The van der Waals surface area contributed by atoms with Crippen LogP contribution in [0.5, 0.6) is 0 Å². The molecule has 1 aromatic rings. The number of halogens is 3. The third-order valence-electron chi connectivity index (χ3n) is 1.86. The van der Waals surface area contributed by atoms with Crippen LogP contribution >= 0.6 is 0 Å². The third-order valence-corrected chi connectivity index (χ3v) is 1.86. The van der Waals surface area contributed by atoms with Gasteiger partial charge >= 0.3 is 6.18 Å². The molecular formula is C9H11F3N2. The van der Waals surface area contributed by atoms with Crippen LogP contribution in [-0.2, 0) is 6.18 Å². The summed E-state index contributed by atoms with van der Waals surface area (Å²) < 4.78 is 36.9. The van der Waals surface area contributed by atoms with E-state index in [4.69, 9.17) is 5.73 Å². The van der Waals surface area contributed by atoms with Crippen LogP contribution in [0.3, 0.4) is 0 Å². The van der Waals surface area contributed by atoms with Crippen LogP contribution in [0.2, 0.25) is 0 Å². The monoisotopic (exact) mass is 204 g/mol. The second kappa shape index (κ2) is 3.40. The fourth-order valence-corrected chi connectivity index (χ4v) is 1.09. The van der Waals surface area contributed by atoms with Crippen molar-refractivity contribution in [2.45, 2.75) is 6.18 Å². The van der Waals surface area contributed by atoms with E-state index < -0.39 is 11.7 Å². The SMILES string of the molecule is CN(C)c1ccc(C(F)(F)F)c(N)c1. The van der Waals surface area contributed by atoms with Gasteiger partial charge < -0.3 is 10.6 Å². The molecule has 0 saturated carbocycles. The quantitative estimate of drug-likeness (QED) is 0.711. The molecule has 0 fully saturated rings. The van der Waals surface area contributed by atoms with Gasteiger partial charge in [0.2, 0.25) is 0 Å². The van der Waals surface area contributed by atoms with Crippen LogP contribution in [0.1, 0.15) is 5.56 Å². The molecule has 0 unspecified atom stereocenters. The number of benzene rings is 1. The largest absolute Gasteiger partial charge is 0.418 e. The van der Waals surface area contributed by atoms with E-state index in [1.165, 1.54) is 12.1 Å². The zero-order chi connectivity index (χ0) is 10.9. The van der Waals surface area contributed by atoms with Gasteiger partial charge in [-0.2, -0.15) is 13.2 Å². The number of nitrogen functional groups attached to an aromatic ring is 1. The molecule has 0 aliphatic rings. The molecule has 2 N–H and O–H groups in total. The van der Waals surface area contributed by atoms with Crippen molar-refractivity contribution in [3.8, 4) is 0 Å². The first-order chi connectivity index (χ1) is 6.32. The van der Waals surface area contributed by atoms with Crippen molar-refractivity contribution in [2.24, 2.45) is 0 Å². The fraction of sp³-hybridized carbons (Fsp3) is 0.333. The smallest absolute Gasteiger partial charge is 0.398 e. The van der Waals surface area contributed by atoms with Crippen molar-refractivity contribution in [1.29, 1.82) is 0 Å². The highest BCUT2D eigenvalue weighted by Gasteiger charge is 2.32. The number of anilines is 2. The van der Waals surface area contributed by atoms with Gasteiger partial charge in [0.1, 0.15) is 0 Å². The summed E-state index contributed by atoms with van der Waals surface area (Å²) in [6.45, 7) is 0.